The third-order valence-corrected chi connectivity index (χ3v) is 5.51. The molecular formula is C26H38N2O3. The lowest BCUT2D eigenvalue weighted by Crippen LogP contribution is -2.09. The Kier molecular flexibility index (Phi) is 11.7. The molecule has 1 atom stereocenters. The van der Waals surface area contributed by atoms with Crippen LogP contribution in [0.15, 0.2) is 36.7 Å². The summed E-state index contributed by atoms with van der Waals surface area (Å²) in [7, 11) is 0. The van der Waals surface area contributed by atoms with Gasteiger partial charge < -0.3 is 9.47 Å². The first kappa shape index (κ1) is 24.8. The van der Waals surface area contributed by atoms with Crippen LogP contribution in [-0.4, -0.2) is 22.5 Å². The van der Waals surface area contributed by atoms with Crippen LogP contribution in [0.5, 0.6) is 11.5 Å². The van der Waals surface area contributed by atoms with E-state index in [-0.39, 0.29) is 5.97 Å². The van der Waals surface area contributed by atoms with Crippen LogP contribution in [-0.2, 0) is 4.79 Å². The molecule has 1 aromatic carbocycles. The zero-order chi connectivity index (χ0) is 22.3. The van der Waals surface area contributed by atoms with Crippen molar-refractivity contribution < 1.29 is 14.3 Å². The van der Waals surface area contributed by atoms with Crippen LogP contribution in [0, 0.1) is 5.92 Å². The highest BCUT2D eigenvalue weighted by Crippen LogP contribution is 2.21. The normalized spacial score (nSPS) is 11.8. The van der Waals surface area contributed by atoms with E-state index < -0.39 is 0 Å². The van der Waals surface area contributed by atoms with E-state index in [0.717, 1.165) is 43.6 Å². The van der Waals surface area contributed by atoms with E-state index in [9.17, 15) is 4.79 Å². The summed E-state index contributed by atoms with van der Waals surface area (Å²) in [5.41, 5.74) is 0.901. The van der Waals surface area contributed by atoms with Crippen molar-refractivity contribution in [2.45, 2.75) is 85.0 Å². The molecule has 5 nitrogen and oxygen atoms in total. The van der Waals surface area contributed by atoms with E-state index in [1.165, 1.54) is 32.1 Å². The number of benzene rings is 1. The van der Waals surface area contributed by atoms with Gasteiger partial charge in [0.1, 0.15) is 5.75 Å². The van der Waals surface area contributed by atoms with Crippen LogP contribution in [0.25, 0.3) is 11.4 Å². The van der Waals surface area contributed by atoms with E-state index in [0.29, 0.717) is 23.9 Å². The molecule has 0 bridgehead atoms. The smallest absolute Gasteiger partial charge is 0.311 e. The Labute approximate surface area is 187 Å². The highest BCUT2D eigenvalue weighted by molar-refractivity contribution is 5.72. The lowest BCUT2D eigenvalue weighted by atomic mass is 10.0. The van der Waals surface area contributed by atoms with Crippen molar-refractivity contribution in [3.05, 3.63) is 36.7 Å². The summed E-state index contributed by atoms with van der Waals surface area (Å²) in [5.74, 6) is 2.25. The van der Waals surface area contributed by atoms with Crippen LogP contribution in [0.4, 0.5) is 0 Å². The fraction of sp³-hybridized carbons (Fsp3) is 0.577. The van der Waals surface area contributed by atoms with Crippen molar-refractivity contribution in [1.29, 1.82) is 0 Å². The fourth-order valence-corrected chi connectivity index (χ4v) is 3.27. The Balaban J connectivity index is 1.73. The summed E-state index contributed by atoms with van der Waals surface area (Å²) >= 11 is 0. The van der Waals surface area contributed by atoms with Gasteiger partial charge in [-0.1, -0.05) is 65.7 Å². The zero-order valence-corrected chi connectivity index (χ0v) is 19.4. The molecule has 5 heteroatoms. The van der Waals surface area contributed by atoms with Crippen molar-refractivity contribution in [2.24, 2.45) is 5.92 Å². The van der Waals surface area contributed by atoms with E-state index in [2.05, 4.69) is 30.7 Å². The van der Waals surface area contributed by atoms with Crippen molar-refractivity contribution in [3.8, 4) is 22.9 Å². The Morgan fingerprint density at radius 2 is 1.58 bits per heavy atom. The summed E-state index contributed by atoms with van der Waals surface area (Å²) in [4.78, 5) is 20.6. The minimum atomic E-state index is -0.230. The Hall–Kier alpha value is -2.43. The summed E-state index contributed by atoms with van der Waals surface area (Å²) in [6.45, 7) is 7.35. The number of esters is 1. The molecule has 0 saturated carbocycles. The van der Waals surface area contributed by atoms with Gasteiger partial charge in [0.15, 0.2) is 11.6 Å². The SMILES string of the molecule is CCCCCCCCOc1ccc(-c2ncc(OC(=O)CCCC(C)CC)cn2)cc1. The molecule has 2 rings (SSSR count). The molecule has 0 aliphatic carbocycles. The first-order valence-corrected chi connectivity index (χ1v) is 11.9. The van der Waals surface area contributed by atoms with E-state index in [1.54, 1.807) is 12.4 Å². The van der Waals surface area contributed by atoms with Gasteiger partial charge in [-0.3, -0.25) is 4.79 Å². The van der Waals surface area contributed by atoms with Crippen LogP contribution >= 0.6 is 0 Å². The van der Waals surface area contributed by atoms with Gasteiger partial charge >= 0.3 is 5.97 Å². The zero-order valence-electron chi connectivity index (χ0n) is 19.4. The first-order chi connectivity index (χ1) is 15.1. The van der Waals surface area contributed by atoms with Crippen molar-refractivity contribution >= 4 is 5.97 Å². The predicted molar refractivity (Wildman–Crippen MR) is 125 cm³/mol. The summed E-state index contributed by atoms with van der Waals surface area (Å²) in [6.07, 6.45) is 14.1. The monoisotopic (exact) mass is 426 g/mol. The Bertz CT molecular complexity index is 744. The molecular weight excluding hydrogens is 388 g/mol. The number of rotatable bonds is 15. The minimum absolute atomic E-state index is 0.230. The molecule has 1 aromatic heterocycles. The van der Waals surface area contributed by atoms with E-state index in [4.69, 9.17) is 9.47 Å². The van der Waals surface area contributed by atoms with Gasteiger partial charge in [0.25, 0.3) is 0 Å². The quantitative estimate of drug-likeness (QED) is 0.226. The Morgan fingerprint density at radius 1 is 0.903 bits per heavy atom. The lowest BCUT2D eigenvalue weighted by Gasteiger charge is -2.08. The van der Waals surface area contributed by atoms with E-state index in [1.807, 2.05) is 24.3 Å². The second kappa shape index (κ2) is 14.6. The van der Waals surface area contributed by atoms with Gasteiger partial charge in [0, 0.05) is 12.0 Å². The van der Waals surface area contributed by atoms with Gasteiger partial charge in [-0.15, -0.1) is 0 Å². The highest BCUT2D eigenvalue weighted by atomic mass is 16.5. The minimum Gasteiger partial charge on any atom is -0.494 e. The average molecular weight is 427 g/mol. The topological polar surface area (TPSA) is 61.3 Å². The second-order valence-corrected chi connectivity index (χ2v) is 8.26. The molecule has 0 fully saturated rings. The fourth-order valence-electron chi connectivity index (χ4n) is 3.27. The van der Waals surface area contributed by atoms with Crippen LogP contribution < -0.4 is 9.47 Å². The number of hydrogen-bond acceptors (Lipinski definition) is 5. The summed E-state index contributed by atoms with van der Waals surface area (Å²) in [6, 6.07) is 7.79. The molecule has 31 heavy (non-hydrogen) atoms. The summed E-state index contributed by atoms with van der Waals surface area (Å²) in [5, 5.41) is 0. The number of hydrogen-bond donors (Lipinski definition) is 0. The van der Waals surface area contributed by atoms with Gasteiger partial charge in [-0.25, -0.2) is 9.97 Å². The molecule has 0 aliphatic rings. The van der Waals surface area contributed by atoms with Gasteiger partial charge in [-0.2, -0.15) is 0 Å². The Morgan fingerprint density at radius 3 is 2.26 bits per heavy atom. The van der Waals surface area contributed by atoms with Gasteiger partial charge in [0.2, 0.25) is 0 Å². The second-order valence-electron chi connectivity index (χ2n) is 8.26. The molecule has 0 N–H and O–H groups in total. The predicted octanol–water partition coefficient (Wildman–Crippen LogP) is 7.00. The first-order valence-electron chi connectivity index (χ1n) is 11.9. The maximum absolute atomic E-state index is 12.0. The van der Waals surface area contributed by atoms with Crippen molar-refractivity contribution in [3.63, 3.8) is 0 Å². The van der Waals surface area contributed by atoms with E-state index >= 15 is 0 Å². The number of unbranched alkanes of at least 4 members (excludes halogenated alkanes) is 5. The number of carbonyl (C=O) groups excluding carboxylic acids is 1. The highest BCUT2D eigenvalue weighted by Gasteiger charge is 2.08. The third kappa shape index (κ3) is 9.95. The average Bonchev–Trinajstić information content (AvgIpc) is 2.79. The molecule has 170 valence electrons. The molecule has 0 aliphatic heterocycles. The molecule has 0 amide bonds. The summed E-state index contributed by atoms with van der Waals surface area (Å²) < 4.78 is 11.2. The van der Waals surface area contributed by atoms with Crippen molar-refractivity contribution in [1.82, 2.24) is 9.97 Å². The molecule has 1 heterocycles. The number of nitrogens with zero attached hydrogens (tertiary/aromatic N) is 2. The number of aromatic nitrogens is 2. The lowest BCUT2D eigenvalue weighted by molar-refractivity contribution is -0.134. The molecule has 1 unspecified atom stereocenters. The third-order valence-electron chi connectivity index (χ3n) is 5.51. The van der Waals surface area contributed by atoms with Gasteiger partial charge in [0.05, 0.1) is 19.0 Å². The molecule has 0 radical (unpaired) electrons. The van der Waals surface area contributed by atoms with Crippen LogP contribution in [0.1, 0.15) is 85.0 Å². The molecule has 2 aromatic rings. The molecule has 0 spiro atoms. The van der Waals surface area contributed by atoms with Gasteiger partial charge in [-0.05, 0) is 43.0 Å². The standard InChI is InChI=1S/C26H38N2O3/c1-4-6-7-8-9-10-18-30-23-16-14-22(15-17-23)26-27-19-24(20-28-26)31-25(29)13-11-12-21(3)5-2/h14-17,19-21H,4-13,18H2,1-3H3. The van der Waals surface area contributed by atoms with Crippen LogP contribution in [0.3, 0.4) is 0 Å². The largest absolute Gasteiger partial charge is 0.494 e. The number of ether oxygens (including phenoxy) is 2. The maximum atomic E-state index is 12.0. The molecule has 0 saturated heterocycles. The maximum Gasteiger partial charge on any atom is 0.311 e. The number of carbonyl (C=O) groups is 1. The van der Waals surface area contributed by atoms with Crippen molar-refractivity contribution in [2.75, 3.05) is 6.61 Å². The van der Waals surface area contributed by atoms with Crippen LogP contribution in [0.2, 0.25) is 0 Å².